The van der Waals surface area contributed by atoms with E-state index in [-0.39, 0.29) is 0 Å². The molecule has 2 heterocycles. The van der Waals surface area contributed by atoms with Gasteiger partial charge in [-0.1, -0.05) is 11.6 Å². The molecule has 8 heteroatoms. The van der Waals surface area contributed by atoms with Crippen LogP contribution in [0.2, 0.25) is 5.02 Å². The van der Waals surface area contributed by atoms with Crippen LogP contribution < -0.4 is 5.46 Å². The van der Waals surface area contributed by atoms with E-state index in [4.69, 9.17) is 20.9 Å². The van der Waals surface area contributed by atoms with Gasteiger partial charge in [0.2, 0.25) is 0 Å². The maximum atomic E-state index is 6.59. The zero-order valence-electron chi connectivity index (χ0n) is 13.2. The first kappa shape index (κ1) is 17.0. The lowest BCUT2D eigenvalue weighted by Gasteiger charge is -2.32. The van der Waals surface area contributed by atoms with E-state index in [0.717, 1.165) is 21.9 Å². The molecule has 2 aromatic rings. The van der Waals surface area contributed by atoms with Gasteiger partial charge in [-0.05, 0) is 68.3 Å². The number of benzene rings is 1. The molecule has 0 radical (unpaired) electrons. The fourth-order valence-corrected chi connectivity index (χ4v) is 4.34. The molecule has 1 atom stereocenters. The largest absolute Gasteiger partial charge is 0.497 e. The smallest absolute Gasteiger partial charge is 0.399 e. The van der Waals surface area contributed by atoms with E-state index in [1.54, 1.807) is 0 Å². The predicted octanol–water partition coefficient (Wildman–Crippen LogP) is 4.09. The van der Waals surface area contributed by atoms with E-state index < -0.39 is 18.3 Å². The van der Waals surface area contributed by atoms with Crippen molar-refractivity contribution in [3.63, 3.8) is 0 Å². The highest BCUT2D eigenvalue weighted by atomic mass is 127. The average Bonchev–Trinajstić information content (AvgIpc) is 2.89. The van der Waals surface area contributed by atoms with Crippen LogP contribution in [0.5, 0.6) is 0 Å². The van der Waals surface area contributed by atoms with Crippen LogP contribution in [0.1, 0.15) is 33.3 Å². The molecule has 22 heavy (non-hydrogen) atoms. The number of hydrogen-bond acceptors (Lipinski definition) is 3. The molecule has 0 N–H and O–H groups in total. The van der Waals surface area contributed by atoms with Gasteiger partial charge in [-0.15, -0.1) is 0 Å². The van der Waals surface area contributed by atoms with Crippen LogP contribution >= 0.6 is 40.0 Å². The van der Waals surface area contributed by atoms with Gasteiger partial charge < -0.3 is 9.31 Å². The highest BCUT2D eigenvalue weighted by Gasteiger charge is 2.52. The lowest BCUT2D eigenvalue weighted by molar-refractivity contribution is 0.00578. The Kier molecular flexibility index (Phi) is 4.31. The van der Waals surface area contributed by atoms with Crippen LogP contribution in [0, 0.1) is 6.92 Å². The van der Waals surface area contributed by atoms with E-state index in [0.29, 0.717) is 11.4 Å². The second-order valence-corrected chi connectivity index (χ2v) is 9.00. The third kappa shape index (κ3) is 2.51. The van der Waals surface area contributed by atoms with Crippen LogP contribution in [0.15, 0.2) is 12.3 Å². The van der Waals surface area contributed by atoms with Crippen LogP contribution in [0.4, 0.5) is 0 Å². The summed E-state index contributed by atoms with van der Waals surface area (Å²) in [4.78, 5) is 0. The Bertz CT molecular complexity index is 734. The number of aryl methyl sites for hydroxylation is 1. The molecule has 1 fully saturated rings. The van der Waals surface area contributed by atoms with E-state index in [1.165, 1.54) is 0 Å². The van der Waals surface area contributed by atoms with Gasteiger partial charge in [0.15, 0.2) is 0 Å². The quantitative estimate of drug-likeness (QED) is 0.393. The highest BCUT2D eigenvalue weighted by molar-refractivity contribution is 14.2. The number of rotatable bonds is 2. The summed E-state index contributed by atoms with van der Waals surface area (Å²) in [6, 6.07) is 2.07. The van der Waals surface area contributed by atoms with Gasteiger partial charge in [0, 0.05) is 15.9 Å². The number of halogens is 2. The van der Waals surface area contributed by atoms with Gasteiger partial charge >= 0.3 is 7.12 Å². The van der Waals surface area contributed by atoms with Crippen LogP contribution in [0.25, 0.3) is 10.9 Å². The van der Waals surface area contributed by atoms with Crippen molar-refractivity contribution in [2.24, 2.45) is 0 Å². The van der Waals surface area contributed by atoms with Gasteiger partial charge in [0.1, 0.15) is 0 Å². The van der Waals surface area contributed by atoms with Crippen molar-refractivity contribution in [2.75, 3.05) is 0 Å². The summed E-state index contributed by atoms with van der Waals surface area (Å²) < 4.78 is 14.4. The SMILES string of the molecule is Cc1cc2c(cnn2PI)c(B2OC(C)(C)C(C)(C)O2)c1Cl. The lowest BCUT2D eigenvalue weighted by atomic mass is 9.76. The Morgan fingerprint density at radius 3 is 2.41 bits per heavy atom. The Hall–Kier alpha value is 0.125. The first-order valence-corrected chi connectivity index (χ1v) is 11.5. The topological polar surface area (TPSA) is 36.3 Å². The molecule has 1 aliphatic rings. The molecule has 1 aliphatic heterocycles. The molecule has 4 nitrogen and oxygen atoms in total. The van der Waals surface area contributed by atoms with E-state index in [2.05, 4.69) is 33.2 Å². The Labute approximate surface area is 150 Å². The van der Waals surface area contributed by atoms with Crippen molar-refractivity contribution in [3.8, 4) is 0 Å². The lowest BCUT2D eigenvalue weighted by Crippen LogP contribution is -2.41. The third-order valence-corrected chi connectivity index (χ3v) is 6.99. The molecule has 0 bridgehead atoms. The molecule has 1 aromatic heterocycles. The minimum absolute atomic E-state index is 0.391. The molecule has 0 spiro atoms. The van der Waals surface area contributed by atoms with Crippen molar-refractivity contribution in [1.82, 2.24) is 9.55 Å². The summed E-state index contributed by atoms with van der Waals surface area (Å²) in [6.45, 7) is 10.2. The van der Waals surface area contributed by atoms with E-state index in [1.807, 2.05) is 45.3 Å². The van der Waals surface area contributed by atoms with E-state index >= 15 is 0 Å². The summed E-state index contributed by atoms with van der Waals surface area (Å²) in [5.74, 6) is 0. The van der Waals surface area contributed by atoms with Crippen LogP contribution in [-0.2, 0) is 9.31 Å². The molecule has 0 saturated carbocycles. The summed E-state index contributed by atoms with van der Waals surface area (Å²) in [7, 11) is -0.477. The van der Waals surface area contributed by atoms with Crippen molar-refractivity contribution in [3.05, 3.63) is 22.8 Å². The van der Waals surface area contributed by atoms with Crippen molar-refractivity contribution in [2.45, 2.75) is 45.8 Å². The van der Waals surface area contributed by atoms with Crippen LogP contribution in [-0.4, -0.2) is 27.9 Å². The third-order valence-electron chi connectivity index (χ3n) is 4.60. The number of hydrogen-bond donors (Lipinski definition) is 0. The average molecular weight is 450 g/mol. The monoisotopic (exact) mass is 450 g/mol. The van der Waals surface area contributed by atoms with Gasteiger partial charge in [0.05, 0.1) is 29.3 Å². The molecule has 3 rings (SSSR count). The number of fused-ring (bicyclic) bond motifs is 1. The summed E-state index contributed by atoms with van der Waals surface area (Å²) in [5, 5.41) is 6.15. The van der Waals surface area contributed by atoms with E-state index in [9.17, 15) is 0 Å². The predicted molar refractivity (Wildman–Crippen MR) is 103 cm³/mol. The maximum Gasteiger partial charge on any atom is 0.497 e. The Morgan fingerprint density at radius 1 is 1.27 bits per heavy atom. The molecule has 0 aliphatic carbocycles. The fourth-order valence-electron chi connectivity index (χ4n) is 2.56. The molecule has 1 aromatic carbocycles. The maximum absolute atomic E-state index is 6.59. The van der Waals surface area contributed by atoms with Crippen LogP contribution in [0.3, 0.4) is 0 Å². The summed E-state index contributed by atoms with van der Waals surface area (Å²) in [6.07, 6.45) is 2.39. The molecular weight excluding hydrogens is 432 g/mol. The minimum Gasteiger partial charge on any atom is -0.399 e. The number of nitrogens with zero attached hydrogens (tertiary/aromatic N) is 2. The first-order chi connectivity index (χ1) is 10.2. The zero-order chi connectivity index (χ0) is 16.3. The second kappa shape index (κ2) is 5.59. The molecule has 0 amide bonds. The fraction of sp³-hybridized carbons (Fsp3) is 0.500. The number of aromatic nitrogens is 2. The minimum atomic E-state index is -0.477. The summed E-state index contributed by atoms with van der Waals surface area (Å²) >= 11 is 8.92. The molecular formula is C14H18BClIN2O2P. The Balaban J connectivity index is 2.19. The van der Waals surface area contributed by atoms with Gasteiger partial charge in [-0.25, -0.2) is 4.45 Å². The van der Waals surface area contributed by atoms with Crippen molar-refractivity contribution >= 4 is 63.5 Å². The standard InChI is InChI=1S/C14H18BClIN2O2P/c1-8-6-10-9(7-18-19(10)22-17)11(12(8)16)15-20-13(2,3)14(4,5)21-15/h6-7,22H,1-5H3. The second-order valence-electron chi connectivity index (χ2n) is 6.58. The van der Waals surface area contributed by atoms with Gasteiger partial charge in [-0.3, -0.25) is 0 Å². The highest BCUT2D eigenvalue weighted by Crippen LogP contribution is 2.38. The van der Waals surface area contributed by atoms with Crippen molar-refractivity contribution < 1.29 is 9.31 Å². The normalized spacial score (nSPS) is 20.6. The molecule has 1 unspecified atom stereocenters. The summed E-state index contributed by atoms with van der Waals surface area (Å²) in [5.41, 5.74) is 2.18. The van der Waals surface area contributed by atoms with Gasteiger partial charge in [0.25, 0.3) is 0 Å². The molecule has 1 saturated heterocycles. The zero-order valence-corrected chi connectivity index (χ0v) is 17.1. The van der Waals surface area contributed by atoms with Gasteiger partial charge in [-0.2, -0.15) is 5.10 Å². The first-order valence-electron chi connectivity index (χ1n) is 7.07. The molecule has 118 valence electrons. The van der Waals surface area contributed by atoms with Crippen molar-refractivity contribution in [1.29, 1.82) is 0 Å². The Morgan fingerprint density at radius 2 is 1.86 bits per heavy atom.